The number of esters is 1. The lowest BCUT2D eigenvalue weighted by Gasteiger charge is -2.47. The Morgan fingerprint density at radius 2 is 1.60 bits per heavy atom. The van der Waals surface area contributed by atoms with E-state index in [-0.39, 0.29) is 68.0 Å². The molecule has 1 aliphatic carbocycles. The number of methoxy groups -OCH3 is 3. The van der Waals surface area contributed by atoms with Gasteiger partial charge in [0, 0.05) is 62.6 Å². The van der Waals surface area contributed by atoms with Crippen LogP contribution in [0.1, 0.15) is 128 Å². The lowest BCUT2D eigenvalue weighted by Crippen LogP contribution is -2.64. The molecule has 4 aliphatic rings. The van der Waals surface area contributed by atoms with E-state index in [1.165, 1.54) is 19.1 Å². The first-order chi connectivity index (χ1) is 31.7. The molecule has 15 heteroatoms. The van der Waals surface area contributed by atoms with Crippen molar-refractivity contribution in [1.82, 2.24) is 4.90 Å². The molecule has 1 saturated carbocycles. The molecule has 0 radical (unpaired) electrons. The second-order valence-corrected chi connectivity index (χ2v) is 20.3. The van der Waals surface area contributed by atoms with E-state index in [0.29, 0.717) is 67.5 Å². The van der Waals surface area contributed by atoms with E-state index < -0.39 is 77.8 Å². The first-order valence-corrected chi connectivity index (χ1v) is 24.6. The number of aliphatic hydroxyl groups excluding tert-OH is 1. The van der Waals surface area contributed by atoms with Crippen LogP contribution in [0, 0.1) is 36.5 Å². The molecular formula is C52H76ClNO13. The second-order valence-electron chi connectivity index (χ2n) is 19.9. The minimum atomic E-state index is -2.53. The quantitative estimate of drug-likeness (QED) is 0.103. The van der Waals surface area contributed by atoms with Crippen LogP contribution in [0.5, 0.6) is 0 Å². The number of allylic oxidation sites excluding steroid dienone is 3. The molecule has 1 aromatic rings. The molecule has 3 aliphatic heterocycles. The van der Waals surface area contributed by atoms with Gasteiger partial charge in [0.05, 0.1) is 30.5 Å². The number of carbonyl (C=O) groups excluding carboxylic acids is 5. The molecule has 0 spiro atoms. The first kappa shape index (κ1) is 54.6. The van der Waals surface area contributed by atoms with Crippen LogP contribution in [0.3, 0.4) is 0 Å². The SMILES string of the molecule is CCC1/C=C(\C)CC(C)CC(OC)C2OC(O)(C(=O)C(=O)N3CCCCC3C(=O)OC(C(C)=CC3CCC(OCC(=O)c4cc(C)cc(Cl)c4)C(OC)C3)C(C)C(O)CC1=O)C(C)CC2OC. The van der Waals surface area contributed by atoms with E-state index >= 15 is 0 Å². The van der Waals surface area contributed by atoms with E-state index in [4.69, 9.17) is 40.0 Å². The maximum absolute atomic E-state index is 14.5. The van der Waals surface area contributed by atoms with Gasteiger partial charge < -0.3 is 43.5 Å². The Balaban J connectivity index is 1.45. The van der Waals surface area contributed by atoms with Crippen LogP contribution in [-0.2, 0) is 47.6 Å². The summed E-state index contributed by atoms with van der Waals surface area (Å²) in [5.74, 6) is -7.95. The van der Waals surface area contributed by atoms with Gasteiger partial charge in [0.15, 0.2) is 5.78 Å². The van der Waals surface area contributed by atoms with Crippen LogP contribution in [0.2, 0.25) is 5.02 Å². The molecule has 0 aromatic heterocycles. The number of carbonyl (C=O) groups is 5. The molecule has 1 amide bonds. The number of hydrogen-bond acceptors (Lipinski definition) is 13. The number of ketones is 3. The maximum Gasteiger partial charge on any atom is 0.329 e. The summed E-state index contributed by atoms with van der Waals surface area (Å²) in [7, 11) is 4.66. The Labute approximate surface area is 402 Å². The van der Waals surface area contributed by atoms with Crippen molar-refractivity contribution in [3.63, 3.8) is 0 Å². The Bertz CT molecular complexity index is 1950. The second kappa shape index (κ2) is 24.5. The summed E-state index contributed by atoms with van der Waals surface area (Å²) in [6, 6.07) is 4.02. The van der Waals surface area contributed by atoms with Gasteiger partial charge in [0.25, 0.3) is 11.7 Å². The Morgan fingerprint density at radius 3 is 2.25 bits per heavy atom. The highest BCUT2D eigenvalue weighted by molar-refractivity contribution is 6.39. The van der Waals surface area contributed by atoms with Crippen molar-refractivity contribution in [2.24, 2.45) is 29.6 Å². The molecule has 2 bridgehead atoms. The Hall–Kier alpha value is -3.34. The number of piperidine rings is 1. The number of aliphatic hydroxyl groups is 2. The standard InChI is InChI=1S/C52H76ClNO13/c1-11-36-19-29(2)18-30(3)22-45(63-9)48-46(64-10)24-33(6)52(61,67-48)49(58)50(59)54-17-13-12-14-39(54)51(60)66-47(34(7)40(55)27-41(36)56)32(5)23-35-15-16-43(44(25-35)62-8)65-28-42(57)37-20-31(4)21-38(53)26-37/h19-21,23,26,30,33-36,39-40,43-48,55,61H,11-18,22,24-25,27-28H2,1-10H3/b29-19+,32-23?. The van der Waals surface area contributed by atoms with Crippen LogP contribution in [0.25, 0.3) is 0 Å². The predicted molar refractivity (Wildman–Crippen MR) is 252 cm³/mol. The van der Waals surface area contributed by atoms with Crippen LogP contribution in [0.4, 0.5) is 0 Å². The number of Topliss-reactive ketones (excluding diaryl/α,β-unsaturated/α-hetero) is 3. The van der Waals surface area contributed by atoms with E-state index in [0.717, 1.165) is 11.1 Å². The summed E-state index contributed by atoms with van der Waals surface area (Å²) in [6.45, 7) is 13.0. The number of ether oxygens (including phenoxy) is 6. The number of halogens is 1. The van der Waals surface area contributed by atoms with Gasteiger partial charge in [-0.3, -0.25) is 19.2 Å². The molecule has 5 rings (SSSR count). The fraction of sp³-hybridized carbons (Fsp3) is 0.712. The van der Waals surface area contributed by atoms with E-state index in [9.17, 15) is 34.2 Å². The summed E-state index contributed by atoms with van der Waals surface area (Å²) < 4.78 is 36.4. The average molecular weight is 959 g/mol. The molecular weight excluding hydrogens is 882 g/mol. The van der Waals surface area contributed by atoms with Gasteiger partial charge in [-0.05, 0) is 126 Å². The number of fused-ring (bicyclic) bond motifs is 3. The molecule has 67 heavy (non-hydrogen) atoms. The molecule has 14 unspecified atom stereocenters. The van der Waals surface area contributed by atoms with Crippen LogP contribution < -0.4 is 0 Å². The van der Waals surface area contributed by atoms with Gasteiger partial charge in [-0.1, -0.05) is 57.0 Å². The van der Waals surface area contributed by atoms with Gasteiger partial charge in [-0.25, -0.2) is 4.79 Å². The van der Waals surface area contributed by atoms with Crippen molar-refractivity contribution in [3.05, 3.63) is 57.6 Å². The third kappa shape index (κ3) is 13.5. The van der Waals surface area contributed by atoms with Crippen molar-refractivity contribution < 1.29 is 62.6 Å². The highest BCUT2D eigenvalue weighted by Gasteiger charge is 2.56. The zero-order valence-electron chi connectivity index (χ0n) is 41.3. The maximum atomic E-state index is 14.5. The number of nitrogens with zero attached hydrogens (tertiary/aromatic N) is 1. The molecule has 14 atom stereocenters. The third-order valence-electron chi connectivity index (χ3n) is 14.7. The molecule has 2 saturated heterocycles. The third-order valence-corrected chi connectivity index (χ3v) is 14.9. The highest BCUT2D eigenvalue weighted by atomic mass is 35.5. The van der Waals surface area contributed by atoms with Gasteiger partial charge in [0.2, 0.25) is 5.79 Å². The minimum Gasteiger partial charge on any atom is -0.456 e. The van der Waals surface area contributed by atoms with Crippen molar-refractivity contribution in [2.75, 3.05) is 34.5 Å². The van der Waals surface area contributed by atoms with Gasteiger partial charge in [-0.15, -0.1) is 0 Å². The summed E-state index contributed by atoms with van der Waals surface area (Å²) in [6.07, 6.45) is 3.66. The fourth-order valence-corrected chi connectivity index (χ4v) is 11.0. The molecule has 3 fully saturated rings. The van der Waals surface area contributed by atoms with Gasteiger partial charge >= 0.3 is 5.97 Å². The lowest BCUT2D eigenvalue weighted by molar-refractivity contribution is -0.302. The van der Waals surface area contributed by atoms with E-state index in [2.05, 4.69) is 0 Å². The summed E-state index contributed by atoms with van der Waals surface area (Å²) >= 11 is 6.21. The minimum absolute atomic E-state index is 0.0160. The first-order valence-electron chi connectivity index (χ1n) is 24.3. The van der Waals surface area contributed by atoms with Crippen LogP contribution in [0.15, 0.2) is 41.5 Å². The van der Waals surface area contributed by atoms with Crippen molar-refractivity contribution in [2.45, 2.75) is 174 Å². The smallest absolute Gasteiger partial charge is 0.329 e. The number of amides is 1. The molecule has 374 valence electrons. The topological polar surface area (TPSA) is 184 Å². The summed E-state index contributed by atoms with van der Waals surface area (Å²) in [5.41, 5.74) is 2.97. The van der Waals surface area contributed by atoms with Gasteiger partial charge in [-0.2, -0.15) is 0 Å². The van der Waals surface area contributed by atoms with Crippen LogP contribution >= 0.6 is 11.6 Å². The Morgan fingerprint density at radius 1 is 0.910 bits per heavy atom. The predicted octanol–water partition coefficient (Wildman–Crippen LogP) is 7.34. The van der Waals surface area contributed by atoms with E-state index in [1.54, 1.807) is 39.2 Å². The Kier molecular flexibility index (Phi) is 19.9. The van der Waals surface area contributed by atoms with Crippen LogP contribution in [-0.4, -0.2) is 133 Å². The number of benzene rings is 1. The lowest BCUT2D eigenvalue weighted by atomic mass is 9.81. The monoisotopic (exact) mass is 958 g/mol. The van der Waals surface area contributed by atoms with E-state index in [1.807, 2.05) is 46.8 Å². The summed E-state index contributed by atoms with van der Waals surface area (Å²) in [4.78, 5) is 71.5. The zero-order valence-corrected chi connectivity index (χ0v) is 42.1. The van der Waals surface area contributed by atoms with Gasteiger partial charge in [0.1, 0.15) is 30.6 Å². The number of cyclic esters (lactones) is 1. The van der Waals surface area contributed by atoms with Crippen molar-refractivity contribution in [3.8, 4) is 0 Å². The number of rotatable bonds is 10. The fourth-order valence-electron chi connectivity index (χ4n) is 10.7. The zero-order chi connectivity index (χ0) is 49.3. The number of hydrogen-bond donors (Lipinski definition) is 2. The molecule has 14 nitrogen and oxygen atoms in total. The normalized spacial score (nSPS) is 36.6. The highest BCUT2D eigenvalue weighted by Crippen LogP contribution is 2.39. The molecule has 2 N–H and O–H groups in total. The molecule has 1 aromatic carbocycles. The largest absolute Gasteiger partial charge is 0.456 e. The molecule has 3 heterocycles. The van der Waals surface area contributed by atoms with Crippen molar-refractivity contribution in [1.29, 1.82) is 0 Å². The number of aryl methyl sites for hydroxylation is 1. The summed E-state index contributed by atoms with van der Waals surface area (Å²) in [5, 5.41) is 24.4. The van der Waals surface area contributed by atoms with Crippen molar-refractivity contribution >= 4 is 40.8 Å². The average Bonchev–Trinajstić information content (AvgIpc) is 3.30.